The van der Waals surface area contributed by atoms with Crippen LogP contribution in [-0.4, -0.2) is 88.4 Å². The molecule has 0 saturated carbocycles. The predicted octanol–water partition coefficient (Wildman–Crippen LogP) is 1.90. The Morgan fingerprint density at radius 2 is 1.97 bits per heavy atom. The van der Waals surface area contributed by atoms with Crippen molar-refractivity contribution in [2.45, 2.75) is 38.0 Å². The van der Waals surface area contributed by atoms with Crippen LogP contribution >= 0.6 is 0 Å². The van der Waals surface area contributed by atoms with Gasteiger partial charge in [-0.2, -0.15) is 5.10 Å². The third-order valence-corrected chi connectivity index (χ3v) is 6.19. The van der Waals surface area contributed by atoms with Crippen LogP contribution in [0.2, 0.25) is 0 Å². The monoisotopic (exact) mass is 478 g/mol. The average Bonchev–Trinajstić information content (AvgIpc) is 3.23. The van der Waals surface area contributed by atoms with Gasteiger partial charge >= 0.3 is 5.69 Å². The van der Waals surface area contributed by atoms with Crippen LogP contribution in [0, 0.1) is 22.0 Å². The van der Waals surface area contributed by atoms with Crippen molar-refractivity contribution < 1.29 is 32.1 Å². The Kier molecular flexibility index (Phi) is 7.87. The van der Waals surface area contributed by atoms with E-state index in [2.05, 4.69) is 15.5 Å². The van der Waals surface area contributed by atoms with Crippen molar-refractivity contribution >= 4 is 17.5 Å². The normalized spacial score (nSPS) is 21.8. The predicted molar refractivity (Wildman–Crippen MR) is 107 cm³/mol. The molecule has 2 fully saturated rings. The molecule has 184 valence electrons. The highest BCUT2D eigenvalue weighted by Crippen LogP contribution is 2.33. The van der Waals surface area contributed by atoms with Crippen LogP contribution in [0.5, 0.6) is 0 Å². The molecule has 1 unspecified atom stereocenters. The van der Waals surface area contributed by atoms with Gasteiger partial charge in [-0.25, -0.2) is 17.6 Å². The van der Waals surface area contributed by atoms with Crippen molar-refractivity contribution in [3.8, 4) is 0 Å². The fourth-order valence-corrected chi connectivity index (χ4v) is 4.28. The molecule has 2 amide bonds. The first kappa shape index (κ1) is 24.9. The van der Waals surface area contributed by atoms with E-state index >= 15 is 0 Å². The highest BCUT2D eigenvalue weighted by Gasteiger charge is 2.46. The summed E-state index contributed by atoms with van der Waals surface area (Å²) in [6.45, 7) is -0.577. The van der Waals surface area contributed by atoms with Gasteiger partial charge < -0.3 is 10.2 Å². The Bertz CT molecular complexity index is 859. The highest BCUT2D eigenvalue weighted by molar-refractivity contribution is 5.96. The van der Waals surface area contributed by atoms with E-state index in [9.17, 15) is 37.3 Å². The van der Waals surface area contributed by atoms with Gasteiger partial charge in [0.25, 0.3) is 18.3 Å². The van der Waals surface area contributed by atoms with Crippen molar-refractivity contribution in [3.05, 3.63) is 22.0 Å². The summed E-state index contributed by atoms with van der Waals surface area (Å²) in [5.74, 6) is -5.76. The smallest absolute Gasteiger partial charge is 0.319 e. The molecule has 2 aliphatic heterocycles. The number of carbonyl (C=O) groups is 2. The van der Waals surface area contributed by atoms with E-state index in [4.69, 9.17) is 0 Å². The number of likely N-dealkylation sites (tertiary alicyclic amines) is 2. The van der Waals surface area contributed by atoms with Crippen molar-refractivity contribution in [1.82, 2.24) is 25.3 Å². The van der Waals surface area contributed by atoms with Gasteiger partial charge in [-0.15, -0.1) is 0 Å². The zero-order valence-electron chi connectivity index (χ0n) is 17.8. The van der Waals surface area contributed by atoms with Crippen molar-refractivity contribution in [2.75, 3.05) is 39.3 Å². The molecular formula is C19H26F4N6O4. The van der Waals surface area contributed by atoms with Crippen LogP contribution in [0.15, 0.2) is 6.20 Å². The summed E-state index contributed by atoms with van der Waals surface area (Å²) in [5, 5.41) is 19.1. The Hall–Kier alpha value is -2.77. The van der Waals surface area contributed by atoms with Gasteiger partial charge in [-0.1, -0.05) is 0 Å². The van der Waals surface area contributed by atoms with E-state index in [1.54, 1.807) is 4.90 Å². The topological polar surface area (TPSA) is 124 Å². The summed E-state index contributed by atoms with van der Waals surface area (Å²) in [4.78, 5) is 37.3. The first-order valence-corrected chi connectivity index (χ1v) is 10.7. The SMILES string of the molecule is O=C(CC1CCN(CC(F)F)CC1)NCC1CCN(C(=O)c2[nH]ncc2[N+](=O)[O-])CC1(F)F. The summed E-state index contributed by atoms with van der Waals surface area (Å²) in [6, 6.07) is 0. The Labute approximate surface area is 186 Å². The summed E-state index contributed by atoms with van der Waals surface area (Å²) in [7, 11) is 0. The lowest BCUT2D eigenvalue weighted by Gasteiger charge is -2.38. The lowest BCUT2D eigenvalue weighted by atomic mass is 9.91. The number of alkyl halides is 4. The minimum atomic E-state index is -3.30. The molecule has 0 bridgehead atoms. The molecule has 0 radical (unpaired) electrons. The number of amides is 2. The summed E-state index contributed by atoms with van der Waals surface area (Å²) >= 11 is 0. The second kappa shape index (κ2) is 10.4. The fraction of sp³-hybridized carbons (Fsp3) is 0.737. The van der Waals surface area contributed by atoms with Gasteiger partial charge in [-0.3, -0.25) is 29.7 Å². The molecule has 3 heterocycles. The van der Waals surface area contributed by atoms with E-state index in [1.807, 2.05) is 0 Å². The standard InChI is InChI=1S/C19H26F4N6O4/c20-15(21)10-27-4-1-12(2-5-27)7-16(30)24-8-13-3-6-28(11-19(13,22)23)18(31)17-14(29(32)33)9-25-26-17/h9,12-13,15H,1-8,10-11H2,(H,24,30)(H,25,26). The second-order valence-electron chi connectivity index (χ2n) is 8.50. The number of aromatic amines is 1. The Balaban J connectivity index is 1.45. The molecule has 10 nitrogen and oxygen atoms in total. The fourth-order valence-electron chi connectivity index (χ4n) is 4.28. The maximum Gasteiger partial charge on any atom is 0.319 e. The van der Waals surface area contributed by atoms with E-state index in [1.165, 1.54) is 0 Å². The molecule has 0 aliphatic carbocycles. The van der Waals surface area contributed by atoms with Crippen LogP contribution in [-0.2, 0) is 4.79 Å². The number of nitrogens with zero attached hydrogens (tertiary/aromatic N) is 4. The van der Waals surface area contributed by atoms with Crippen LogP contribution in [0.4, 0.5) is 23.2 Å². The van der Waals surface area contributed by atoms with Gasteiger partial charge in [0.1, 0.15) is 6.20 Å². The van der Waals surface area contributed by atoms with E-state index in [-0.39, 0.29) is 44.3 Å². The van der Waals surface area contributed by atoms with Gasteiger partial charge in [0.15, 0.2) is 0 Å². The number of piperidine rings is 2. The number of nitrogens with one attached hydrogen (secondary N) is 2. The van der Waals surface area contributed by atoms with E-state index < -0.39 is 47.0 Å². The number of hydrogen-bond acceptors (Lipinski definition) is 6. The van der Waals surface area contributed by atoms with Crippen molar-refractivity contribution in [1.29, 1.82) is 0 Å². The quantitative estimate of drug-likeness (QED) is 0.334. The number of halogens is 4. The minimum absolute atomic E-state index is 0.0177. The van der Waals surface area contributed by atoms with Gasteiger partial charge in [-0.05, 0) is 38.3 Å². The third-order valence-electron chi connectivity index (χ3n) is 6.19. The molecule has 1 aromatic heterocycles. The lowest BCUT2D eigenvalue weighted by molar-refractivity contribution is -0.385. The third kappa shape index (κ3) is 6.39. The molecule has 3 rings (SSSR count). The number of carbonyl (C=O) groups excluding carboxylic acids is 2. The maximum atomic E-state index is 14.7. The molecule has 1 aromatic rings. The number of nitro groups is 1. The van der Waals surface area contributed by atoms with Gasteiger partial charge in [0.2, 0.25) is 11.6 Å². The number of H-pyrrole nitrogens is 1. The van der Waals surface area contributed by atoms with Crippen LogP contribution in [0.1, 0.15) is 36.2 Å². The molecule has 2 saturated heterocycles. The Morgan fingerprint density at radius 3 is 2.58 bits per heavy atom. The molecule has 1 atom stereocenters. The maximum absolute atomic E-state index is 14.7. The Morgan fingerprint density at radius 1 is 1.27 bits per heavy atom. The number of hydrogen-bond donors (Lipinski definition) is 2. The van der Waals surface area contributed by atoms with Crippen LogP contribution < -0.4 is 5.32 Å². The number of rotatable bonds is 8. The molecule has 0 spiro atoms. The molecule has 33 heavy (non-hydrogen) atoms. The molecule has 2 N–H and O–H groups in total. The minimum Gasteiger partial charge on any atom is -0.356 e. The van der Waals surface area contributed by atoms with E-state index in [0.29, 0.717) is 25.9 Å². The summed E-state index contributed by atoms with van der Waals surface area (Å²) in [6.07, 6.45) is -0.312. The zero-order valence-corrected chi connectivity index (χ0v) is 17.8. The highest BCUT2D eigenvalue weighted by atomic mass is 19.3. The molecule has 2 aliphatic rings. The zero-order chi connectivity index (χ0) is 24.2. The van der Waals surface area contributed by atoms with Crippen LogP contribution in [0.3, 0.4) is 0 Å². The first-order valence-electron chi connectivity index (χ1n) is 10.7. The first-order chi connectivity index (χ1) is 15.6. The summed E-state index contributed by atoms with van der Waals surface area (Å²) < 4.78 is 54.2. The van der Waals surface area contributed by atoms with E-state index in [0.717, 1.165) is 11.1 Å². The number of aromatic nitrogens is 2. The van der Waals surface area contributed by atoms with Crippen LogP contribution in [0.25, 0.3) is 0 Å². The summed E-state index contributed by atoms with van der Waals surface area (Å²) in [5.41, 5.74) is -1.04. The van der Waals surface area contributed by atoms with Gasteiger partial charge in [0, 0.05) is 25.4 Å². The average molecular weight is 478 g/mol. The lowest BCUT2D eigenvalue weighted by Crippen LogP contribution is -2.53. The van der Waals surface area contributed by atoms with Crippen molar-refractivity contribution in [2.24, 2.45) is 11.8 Å². The molecule has 0 aromatic carbocycles. The largest absolute Gasteiger partial charge is 0.356 e. The molecule has 14 heteroatoms. The van der Waals surface area contributed by atoms with Crippen molar-refractivity contribution in [3.63, 3.8) is 0 Å². The second-order valence-corrected chi connectivity index (χ2v) is 8.50. The van der Waals surface area contributed by atoms with Gasteiger partial charge in [0.05, 0.1) is 18.0 Å². The molecular weight excluding hydrogens is 452 g/mol.